The second-order valence-electron chi connectivity index (χ2n) is 4.78. The SMILES string of the molecule is Cc1cc(CNC(C)(C)CC(N)=O)n(C)n1. The summed E-state index contributed by atoms with van der Waals surface area (Å²) in [5, 5.41) is 7.56. The van der Waals surface area contributed by atoms with Gasteiger partial charge < -0.3 is 11.1 Å². The lowest BCUT2D eigenvalue weighted by atomic mass is 10.0. The molecule has 0 bridgehead atoms. The molecule has 0 fully saturated rings. The second kappa shape index (κ2) is 4.65. The van der Waals surface area contributed by atoms with Crippen molar-refractivity contribution in [2.24, 2.45) is 12.8 Å². The molecule has 5 heteroatoms. The van der Waals surface area contributed by atoms with E-state index in [2.05, 4.69) is 10.4 Å². The largest absolute Gasteiger partial charge is 0.370 e. The lowest BCUT2D eigenvalue weighted by Crippen LogP contribution is -2.42. The number of aromatic nitrogens is 2. The molecule has 0 unspecified atom stereocenters. The van der Waals surface area contributed by atoms with Crippen LogP contribution < -0.4 is 11.1 Å². The first-order chi connectivity index (χ1) is 7.30. The maximum atomic E-state index is 10.9. The van der Waals surface area contributed by atoms with Crippen LogP contribution in [0, 0.1) is 6.92 Å². The van der Waals surface area contributed by atoms with Gasteiger partial charge in [-0.3, -0.25) is 9.48 Å². The fraction of sp³-hybridized carbons (Fsp3) is 0.636. The Bertz CT molecular complexity index is 381. The molecule has 1 aromatic rings. The molecule has 0 saturated heterocycles. The first kappa shape index (κ1) is 12.7. The number of amides is 1. The Hall–Kier alpha value is -1.36. The molecular formula is C11H20N4O. The minimum absolute atomic E-state index is 0.288. The predicted octanol–water partition coefficient (Wildman–Crippen LogP) is 0.472. The molecular weight excluding hydrogens is 204 g/mol. The van der Waals surface area contributed by atoms with Crippen molar-refractivity contribution in [1.29, 1.82) is 0 Å². The third kappa shape index (κ3) is 3.66. The van der Waals surface area contributed by atoms with Crippen LogP contribution in [-0.4, -0.2) is 21.2 Å². The molecule has 1 rings (SSSR count). The van der Waals surface area contributed by atoms with E-state index in [0.29, 0.717) is 13.0 Å². The first-order valence-electron chi connectivity index (χ1n) is 5.33. The van der Waals surface area contributed by atoms with Gasteiger partial charge in [-0.15, -0.1) is 0 Å². The van der Waals surface area contributed by atoms with Crippen molar-refractivity contribution in [3.8, 4) is 0 Å². The van der Waals surface area contributed by atoms with Crippen molar-refractivity contribution in [2.75, 3.05) is 0 Å². The van der Waals surface area contributed by atoms with Crippen LogP contribution in [0.15, 0.2) is 6.07 Å². The summed E-state index contributed by atoms with van der Waals surface area (Å²) in [5.41, 5.74) is 6.98. The van der Waals surface area contributed by atoms with E-state index < -0.39 is 0 Å². The highest BCUT2D eigenvalue weighted by atomic mass is 16.1. The van der Waals surface area contributed by atoms with Crippen LogP contribution in [0.1, 0.15) is 31.7 Å². The molecule has 0 spiro atoms. The van der Waals surface area contributed by atoms with Gasteiger partial charge in [0.2, 0.25) is 5.91 Å². The van der Waals surface area contributed by atoms with Gasteiger partial charge in [-0.2, -0.15) is 5.10 Å². The average molecular weight is 224 g/mol. The third-order valence-corrected chi connectivity index (χ3v) is 2.46. The van der Waals surface area contributed by atoms with Crippen LogP contribution in [0.2, 0.25) is 0 Å². The lowest BCUT2D eigenvalue weighted by Gasteiger charge is -2.24. The van der Waals surface area contributed by atoms with Crippen molar-refractivity contribution >= 4 is 5.91 Å². The van der Waals surface area contributed by atoms with Crippen molar-refractivity contribution < 1.29 is 4.79 Å². The molecule has 0 aliphatic carbocycles. The van der Waals surface area contributed by atoms with Crippen molar-refractivity contribution in [2.45, 2.75) is 39.3 Å². The Morgan fingerprint density at radius 1 is 1.62 bits per heavy atom. The smallest absolute Gasteiger partial charge is 0.219 e. The number of nitrogens with two attached hydrogens (primary N) is 1. The van der Waals surface area contributed by atoms with E-state index in [1.54, 1.807) is 0 Å². The summed E-state index contributed by atoms with van der Waals surface area (Å²) >= 11 is 0. The number of carbonyl (C=O) groups excluding carboxylic acids is 1. The zero-order valence-electron chi connectivity index (χ0n) is 10.4. The van der Waals surface area contributed by atoms with Gasteiger partial charge in [0, 0.05) is 25.6 Å². The van der Waals surface area contributed by atoms with Gasteiger partial charge in [-0.1, -0.05) is 0 Å². The summed E-state index contributed by atoms with van der Waals surface area (Å²) in [5.74, 6) is -0.293. The van der Waals surface area contributed by atoms with Crippen LogP contribution >= 0.6 is 0 Å². The number of hydrogen-bond donors (Lipinski definition) is 2. The van der Waals surface area contributed by atoms with Crippen LogP contribution in [0.4, 0.5) is 0 Å². The Labute approximate surface area is 96.0 Å². The molecule has 0 aromatic carbocycles. The summed E-state index contributed by atoms with van der Waals surface area (Å²) in [6.07, 6.45) is 0.323. The third-order valence-electron chi connectivity index (χ3n) is 2.46. The van der Waals surface area contributed by atoms with Gasteiger partial charge in [0.05, 0.1) is 11.4 Å². The summed E-state index contributed by atoms with van der Waals surface area (Å²) in [6, 6.07) is 2.02. The minimum Gasteiger partial charge on any atom is -0.370 e. The van der Waals surface area contributed by atoms with Gasteiger partial charge >= 0.3 is 0 Å². The Balaban J connectivity index is 2.57. The zero-order chi connectivity index (χ0) is 12.3. The molecule has 0 saturated carbocycles. The average Bonchev–Trinajstić information content (AvgIpc) is 2.39. The number of nitrogens with zero attached hydrogens (tertiary/aromatic N) is 2. The van der Waals surface area contributed by atoms with Crippen LogP contribution in [0.3, 0.4) is 0 Å². The van der Waals surface area contributed by atoms with Crippen molar-refractivity contribution in [3.63, 3.8) is 0 Å². The Kier molecular flexibility index (Phi) is 3.70. The van der Waals surface area contributed by atoms with Crippen molar-refractivity contribution in [3.05, 3.63) is 17.5 Å². The van der Waals surface area contributed by atoms with Gasteiger partial charge in [0.15, 0.2) is 0 Å². The molecule has 0 aliphatic heterocycles. The van der Waals surface area contributed by atoms with E-state index in [4.69, 9.17) is 5.73 Å². The van der Waals surface area contributed by atoms with Gasteiger partial charge in [-0.25, -0.2) is 0 Å². The van der Waals surface area contributed by atoms with E-state index in [9.17, 15) is 4.79 Å². The minimum atomic E-state index is -0.293. The quantitative estimate of drug-likeness (QED) is 0.763. The second-order valence-corrected chi connectivity index (χ2v) is 4.78. The molecule has 0 atom stereocenters. The number of primary amides is 1. The van der Waals surface area contributed by atoms with Gasteiger partial charge in [0.1, 0.15) is 0 Å². The summed E-state index contributed by atoms with van der Waals surface area (Å²) in [4.78, 5) is 10.9. The van der Waals surface area contributed by atoms with Gasteiger partial charge in [-0.05, 0) is 26.8 Å². The number of rotatable bonds is 5. The molecule has 90 valence electrons. The lowest BCUT2D eigenvalue weighted by molar-refractivity contribution is -0.119. The maximum Gasteiger partial charge on any atom is 0.219 e. The number of hydrogen-bond acceptors (Lipinski definition) is 3. The highest BCUT2D eigenvalue weighted by Gasteiger charge is 2.20. The summed E-state index contributed by atoms with van der Waals surface area (Å²) in [7, 11) is 1.91. The van der Waals surface area contributed by atoms with E-state index in [1.165, 1.54) is 0 Å². The van der Waals surface area contributed by atoms with E-state index >= 15 is 0 Å². The Morgan fingerprint density at radius 2 is 2.25 bits per heavy atom. The van der Waals surface area contributed by atoms with Crippen LogP contribution in [0.25, 0.3) is 0 Å². The molecule has 3 N–H and O–H groups in total. The van der Waals surface area contributed by atoms with E-state index in [-0.39, 0.29) is 11.4 Å². The van der Waals surface area contributed by atoms with E-state index in [0.717, 1.165) is 11.4 Å². The fourth-order valence-electron chi connectivity index (χ4n) is 1.66. The van der Waals surface area contributed by atoms with Gasteiger partial charge in [0.25, 0.3) is 0 Å². The van der Waals surface area contributed by atoms with Crippen molar-refractivity contribution in [1.82, 2.24) is 15.1 Å². The topological polar surface area (TPSA) is 72.9 Å². The number of carbonyl (C=O) groups is 1. The van der Waals surface area contributed by atoms with Crippen LogP contribution in [-0.2, 0) is 18.4 Å². The first-order valence-corrected chi connectivity index (χ1v) is 5.33. The molecule has 1 aromatic heterocycles. The standard InChI is InChI=1S/C11H20N4O/c1-8-5-9(15(4)14-8)7-13-11(2,3)6-10(12)16/h5,13H,6-7H2,1-4H3,(H2,12,16). The molecule has 1 heterocycles. The highest BCUT2D eigenvalue weighted by molar-refractivity contribution is 5.74. The molecule has 0 radical (unpaired) electrons. The number of aryl methyl sites for hydroxylation is 2. The normalized spacial score (nSPS) is 11.8. The van der Waals surface area contributed by atoms with Crippen LogP contribution in [0.5, 0.6) is 0 Å². The monoisotopic (exact) mass is 224 g/mol. The van der Waals surface area contributed by atoms with E-state index in [1.807, 2.05) is 38.6 Å². The summed E-state index contributed by atoms with van der Waals surface area (Å²) < 4.78 is 1.84. The fourth-order valence-corrected chi connectivity index (χ4v) is 1.66. The number of nitrogens with one attached hydrogen (secondary N) is 1. The molecule has 0 aliphatic rings. The summed E-state index contributed by atoms with van der Waals surface area (Å²) in [6.45, 7) is 6.55. The predicted molar refractivity (Wildman–Crippen MR) is 62.7 cm³/mol. The Morgan fingerprint density at radius 3 is 2.69 bits per heavy atom. The molecule has 1 amide bonds. The maximum absolute atomic E-state index is 10.9. The molecule has 16 heavy (non-hydrogen) atoms. The highest BCUT2D eigenvalue weighted by Crippen LogP contribution is 2.10. The molecule has 5 nitrogen and oxygen atoms in total. The zero-order valence-corrected chi connectivity index (χ0v) is 10.4.